The molecule has 3 N–H and O–H groups in total. The van der Waals surface area contributed by atoms with Gasteiger partial charge in [-0.2, -0.15) is 0 Å². The van der Waals surface area contributed by atoms with Gasteiger partial charge in [0.05, 0.1) is 13.2 Å². The van der Waals surface area contributed by atoms with Crippen molar-refractivity contribution in [3.8, 4) is 0 Å². The highest BCUT2D eigenvalue weighted by Gasteiger charge is 2.33. The highest BCUT2D eigenvalue weighted by molar-refractivity contribution is 5.89. The molecule has 0 bridgehead atoms. The first kappa shape index (κ1) is 14.9. The molecular formula is C11H22N2O3. The summed E-state index contributed by atoms with van der Waals surface area (Å²) in [6.07, 6.45) is 0.813. The standard InChI is InChI=1S/C11H22N2O3/c1-6-7(2)8(12)9(14)13-11(3,4)10(15)16-5/h7-8H,6,12H2,1-5H3,(H,13,14). The molecule has 0 aliphatic heterocycles. The Labute approximate surface area is 96.7 Å². The van der Waals surface area contributed by atoms with Crippen molar-refractivity contribution >= 4 is 11.9 Å². The van der Waals surface area contributed by atoms with E-state index in [1.807, 2.05) is 13.8 Å². The van der Waals surface area contributed by atoms with Crippen molar-refractivity contribution in [3.05, 3.63) is 0 Å². The molecule has 5 nitrogen and oxygen atoms in total. The number of amides is 1. The van der Waals surface area contributed by atoms with Crippen molar-refractivity contribution < 1.29 is 14.3 Å². The van der Waals surface area contributed by atoms with Crippen LogP contribution in [0.4, 0.5) is 0 Å². The third kappa shape index (κ3) is 3.81. The van der Waals surface area contributed by atoms with E-state index in [0.29, 0.717) is 0 Å². The van der Waals surface area contributed by atoms with E-state index in [4.69, 9.17) is 5.73 Å². The lowest BCUT2D eigenvalue weighted by molar-refractivity contribution is -0.149. The van der Waals surface area contributed by atoms with Gasteiger partial charge in [0.15, 0.2) is 0 Å². The molecular weight excluding hydrogens is 208 g/mol. The molecule has 2 atom stereocenters. The molecule has 0 radical (unpaired) electrons. The highest BCUT2D eigenvalue weighted by atomic mass is 16.5. The number of carbonyl (C=O) groups excluding carboxylic acids is 2. The Balaban J connectivity index is 4.50. The molecule has 0 aromatic heterocycles. The van der Waals surface area contributed by atoms with Crippen LogP contribution in [0.5, 0.6) is 0 Å². The second kappa shape index (κ2) is 5.84. The molecule has 94 valence electrons. The lowest BCUT2D eigenvalue weighted by atomic mass is 9.97. The first-order valence-electron chi connectivity index (χ1n) is 5.42. The summed E-state index contributed by atoms with van der Waals surface area (Å²) >= 11 is 0. The Bertz CT molecular complexity index is 264. The van der Waals surface area contributed by atoms with Gasteiger partial charge in [-0.1, -0.05) is 20.3 Å². The summed E-state index contributed by atoms with van der Waals surface area (Å²) in [5.74, 6) is -0.740. The van der Waals surface area contributed by atoms with Gasteiger partial charge in [-0.3, -0.25) is 4.79 Å². The van der Waals surface area contributed by atoms with E-state index < -0.39 is 17.6 Å². The fraction of sp³-hybridized carbons (Fsp3) is 0.818. The van der Waals surface area contributed by atoms with Gasteiger partial charge < -0.3 is 15.8 Å². The Morgan fingerprint density at radius 2 is 1.94 bits per heavy atom. The van der Waals surface area contributed by atoms with Gasteiger partial charge in [0.2, 0.25) is 5.91 Å². The molecule has 0 rings (SSSR count). The molecule has 0 aliphatic carbocycles. The maximum Gasteiger partial charge on any atom is 0.330 e. The van der Waals surface area contributed by atoms with Crippen LogP contribution in [0.2, 0.25) is 0 Å². The fourth-order valence-corrected chi connectivity index (χ4v) is 1.21. The van der Waals surface area contributed by atoms with E-state index >= 15 is 0 Å². The first-order valence-corrected chi connectivity index (χ1v) is 5.42. The number of esters is 1. The topological polar surface area (TPSA) is 81.4 Å². The summed E-state index contributed by atoms with van der Waals surface area (Å²) in [6.45, 7) is 7.03. The van der Waals surface area contributed by atoms with Crippen molar-refractivity contribution in [1.82, 2.24) is 5.32 Å². The van der Waals surface area contributed by atoms with E-state index in [2.05, 4.69) is 10.1 Å². The third-order valence-electron chi connectivity index (χ3n) is 2.69. The molecule has 0 saturated carbocycles. The summed E-state index contributed by atoms with van der Waals surface area (Å²) in [7, 11) is 1.28. The monoisotopic (exact) mass is 230 g/mol. The van der Waals surface area contributed by atoms with E-state index in [9.17, 15) is 9.59 Å². The van der Waals surface area contributed by atoms with Crippen LogP contribution >= 0.6 is 0 Å². The van der Waals surface area contributed by atoms with Gasteiger partial charge in [0, 0.05) is 0 Å². The van der Waals surface area contributed by atoms with Crippen molar-refractivity contribution in [2.75, 3.05) is 7.11 Å². The SMILES string of the molecule is CCC(C)C(N)C(=O)NC(C)(C)C(=O)OC. The van der Waals surface area contributed by atoms with E-state index in [1.165, 1.54) is 7.11 Å². The molecule has 0 aliphatic rings. The predicted octanol–water partition coefficient (Wildman–Crippen LogP) is 0.428. The van der Waals surface area contributed by atoms with Gasteiger partial charge in [0.25, 0.3) is 0 Å². The van der Waals surface area contributed by atoms with E-state index in [0.717, 1.165) is 6.42 Å². The minimum Gasteiger partial charge on any atom is -0.467 e. The summed E-state index contributed by atoms with van der Waals surface area (Å²) < 4.78 is 4.59. The third-order valence-corrected chi connectivity index (χ3v) is 2.69. The molecule has 0 saturated heterocycles. The van der Waals surface area contributed by atoms with Crippen molar-refractivity contribution in [3.63, 3.8) is 0 Å². The van der Waals surface area contributed by atoms with E-state index in [1.54, 1.807) is 13.8 Å². The number of hydrogen-bond acceptors (Lipinski definition) is 4. The molecule has 0 heterocycles. The minimum atomic E-state index is -1.04. The van der Waals surface area contributed by atoms with Crippen LogP contribution in [0.3, 0.4) is 0 Å². The van der Waals surface area contributed by atoms with Crippen LogP contribution < -0.4 is 11.1 Å². The zero-order valence-corrected chi connectivity index (χ0v) is 10.7. The summed E-state index contributed by atoms with van der Waals surface area (Å²) in [5.41, 5.74) is 4.71. The second-order valence-corrected chi connectivity index (χ2v) is 4.52. The highest BCUT2D eigenvalue weighted by Crippen LogP contribution is 2.09. The normalized spacial score (nSPS) is 15.1. The average molecular weight is 230 g/mol. The Morgan fingerprint density at radius 1 is 1.44 bits per heavy atom. The molecule has 0 fully saturated rings. The summed E-state index contributed by atoms with van der Waals surface area (Å²) in [4.78, 5) is 23.1. The lowest BCUT2D eigenvalue weighted by Gasteiger charge is -2.26. The number of nitrogens with two attached hydrogens (primary N) is 1. The number of rotatable bonds is 5. The van der Waals surface area contributed by atoms with E-state index in [-0.39, 0.29) is 11.8 Å². The Morgan fingerprint density at radius 3 is 2.31 bits per heavy atom. The summed E-state index contributed by atoms with van der Waals surface area (Å²) in [5, 5.41) is 2.58. The van der Waals surface area contributed by atoms with Gasteiger partial charge in [-0.05, 0) is 19.8 Å². The molecule has 1 amide bonds. The smallest absolute Gasteiger partial charge is 0.330 e. The van der Waals surface area contributed by atoms with Gasteiger partial charge >= 0.3 is 5.97 Å². The van der Waals surface area contributed by atoms with Crippen LogP contribution in [0.15, 0.2) is 0 Å². The molecule has 0 aromatic carbocycles. The number of hydrogen-bond donors (Lipinski definition) is 2. The maximum absolute atomic E-state index is 11.7. The van der Waals surface area contributed by atoms with Crippen LogP contribution in [0, 0.1) is 5.92 Å². The minimum absolute atomic E-state index is 0.0773. The van der Waals surface area contributed by atoms with Crippen LogP contribution in [0.25, 0.3) is 0 Å². The zero-order chi connectivity index (χ0) is 12.9. The quantitative estimate of drug-likeness (QED) is 0.671. The number of carbonyl (C=O) groups is 2. The largest absolute Gasteiger partial charge is 0.467 e. The van der Waals surface area contributed by atoms with Gasteiger partial charge in [-0.25, -0.2) is 4.79 Å². The van der Waals surface area contributed by atoms with Gasteiger partial charge in [0.1, 0.15) is 5.54 Å². The summed E-state index contributed by atoms with van der Waals surface area (Å²) in [6, 6.07) is -0.603. The van der Waals surface area contributed by atoms with Crippen LogP contribution in [-0.2, 0) is 14.3 Å². The predicted molar refractivity (Wildman–Crippen MR) is 61.7 cm³/mol. The maximum atomic E-state index is 11.7. The Hall–Kier alpha value is -1.10. The number of methoxy groups -OCH3 is 1. The molecule has 5 heteroatoms. The fourth-order valence-electron chi connectivity index (χ4n) is 1.21. The first-order chi connectivity index (χ1) is 7.26. The van der Waals surface area contributed by atoms with Gasteiger partial charge in [-0.15, -0.1) is 0 Å². The average Bonchev–Trinajstić information content (AvgIpc) is 2.24. The number of nitrogens with one attached hydrogen (secondary N) is 1. The number of ether oxygens (including phenoxy) is 1. The van der Waals surface area contributed by atoms with Crippen LogP contribution in [-0.4, -0.2) is 30.6 Å². The second-order valence-electron chi connectivity index (χ2n) is 4.52. The molecule has 0 aromatic rings. The molecule has 16 heavy (non-hydrogen) atoms. The van der Waals surface area contributed by atoms with Crippen LogP contribution in [0.1, 0.15) is 34.1 Å². The lowest BCUT2D eigenvalue weighted by Crippen LogP contribution is -2.56. The Kier molecular flexibility index (Phi) is 5.44. The van der Waals surface area contributed by atoms with Crippen molar-refractivity contribution in [1.29, 1.82) is 0 Å². The van der Waals surface area contributed by atoms with Crippen molar-refractivity contribution in [2.24, 2.45) is 11.7 Å². The van der Waals surface area contributed by atoms with Crippen molar-refractivity contribution in [2.45, 2.75) is 45.7 Å². The zero-order valence-electron chi connectivity index (χ0n) is 10.7. The molecule has 0 spiro atoms. The molecule has 2 unspecified atom stereocenters.